The van der Waals surface area contributed by atoms with E-state index in [0.717, 1.165) is 31.5 Å². The van der Waals surface area contributed by atoms with Crippen LogP contribution < -0.4 is 16.0 Å². The maximum absolute atomic E-state index is 15.5. The number of alkyl halides is 8. The predicted octanol–water partition coefficient (Wildman–Crippen LogP) is 6.70. The predicted molar refractivity (Wildman–Crippen MR) is 381 cm³/mol. The Hall–Kier alpha value is -7.22. The van der Waals surface area contributed by atoms with Crippen LogP contribution in [0.4, 0.5) is 35.1 Å². The number of fused-ring (bicyclic) bond motifs is 3. The summed E-state index contributed by atoms with van der Waals surface area (Å²) >= 11 is 0. The van der Waals surface area contributed by atoms with Gasteiger partial charge in [0, 0.05) is 82.5 Å². The van der Waals surface area contributed by atoms with Crippen LogP contribution in [0, 0.1) is 41.4 Å². The molecule has 4 aliphatic carbocycles. The Morgan fingerprint density at radius 2 is 1.31 bits per heavy atom. The Kier molecular flexibility index (Phi) is 31.1. The third-order valence-electron chi connectivity index (χ3n) is 24.3. The van der Waals surface area contributed by atoms with E-state index in [9.17, 15) is 63.9 Å². The first-order chi connectivity index (χ1) is 50.7. The molecule has 0 radical (unpaired) electrons. The molecule has 1 spiro atoms. The molecular formula is C75H116F8N12O13. The van der Waals surface area contributed by atoms with Gasteiger partial charge < -0.3 is 64.8 Å². The molecular weight excluding hydrogens is 1430 g/mol. The first kappa shape index (κ1) is 88.0. The molecule has 7 rings (SSSR count). The second kappa shape index (κ2) is 38.1. The minimum absolute atomic E-state index is 0.0107. The first-order valence-corrected chi connectivity index (χ1v) is 38.6. The molecule has 4 saturated carbocycles. The third kappa shape index (κ3) is 21.5. The lowest BCUT2D eigenvalue weighted by Gasteiger charge is -2.47. The third-order valence-corrected chi connectivity index (χ3v) is 24.3. The van der Waals surface area contributed by atoms with Crippen LogP contribution in [0.3, 0.4) is 0 Å². The smallest absolute Gasteiger partial charge is 0.381 e. The van der Waals surface area contributed by atoms with E-state index in [4.69, 9.17) is 4.74 Å². The lowest BCUT2D eigenvalue weighted by atomic mass is 9.74. The topological polar surface area (TPSA) is 279 Å². The van der Waals surface area contributed by atoms with Crippen LogP contribution in [0.2, 0.25) is 0 Å². The SMILES string of the molecule is CCCN(C)C(=O)[C@@H]1CC(=O)N(C)[C@@H](CC(F)F)C(=O)N[C@@H]([C@@H](C)CC)C(=O)N(C)CC(=O)N(C)[C@H]2C/C=C\CCN(C2=O)[C@@H](CC2CCC(C(F)(F)F)CC2)C(=O)N(C)CC(=O)N[C@@H](CCC2CCC(C(F)(F)F)C(OC)C2)C(=O)N2C[C@@H](C)C[C@H]2C(=O)NC2(CCC2)C(=O)N(C)[C@@H](C2CCCC2)C(=O)N1C. The molecule has 610 valence electrons. The van der Waals surface area contributed by atoms with Crippen LogP contribution in [0.15, 0.2) is 12.2 Å². The summed E-state index contributed by atoms with van der Waals surface area (Å²) in [4.78, 5) is 191. The lowest BCUT2D eigenvalue weighted by Crippen LogP contribution is -2.68. The number of carbonyl (C=O) groups is 12. The molecule has 3 N–H and O–H groups in total. The van der Waals surface area contributed by atoms with Crippen molar-refractivity contribution in [2.24, 2.45) is 41.4 Å². The average Bonchev–Trinajstić information content (AvgIpc) is 1.16. The number of nitrogens with one attached hydrogen (secondary N) is 3. The molecule has 108 heavy (non-hydrogen) atoms. The summed E-state index contributed by atoms with van der Waals surface area (Å²) in [6.45, 7) is 5.26. The Morgan fingerprint density at radius 3 is 1.89 bits per heavy atom. The Balaban J connectivity index is 1.32. The number of nitrogens with zero attached hydrogens (tertiary/aromatic N) is 9. The number of methoxy groups -OCH3 is 1. The van der Waals surface area contributed by atoms with Gasteiger partial charge in [-0.3, -0.25) is 57.5 Å². The average molecular weight is 1550 g/mol. The van der Waals surface area contributed by atoms with Gasteiger partial charge >= 0.3 is 12.4 Å². The maximum atomic E-state index is 15.5. The number of rotatable bonds is 14. The van der Waals surface area contributed by atoms with Gasteiger partial charge in [0.1, 0.15) is 53.9 Å². The number of carbonyl (C=O) groups excluding carboxylic acids is 12. The normalized spacial score (nSPS) is 31.3. The van der Waals surface area contributed by atoms with Gasteiger partial charge in [-0.1, -0.05) is 59.1 Å². The molecule has 3 heterocycles. The Labute approximate surface area is 629 Å². The fraction of sp³-hybridized carbons (Fsp3) is 0.813. The summed E-state index contributed by atoms with van der Waals surface area (Å²) in [5.74, 6) is -16.1. The zero-order valence-corrected chi connectivity index (χ0v) is 64.8. The summed E-state index contributed by atoms with van der Waals surface area (Å²) < 4.78 is 120. The number of hydrogen-bond acceptors (Lipinski definition) is 13. The van der Waals surface area contributed by atoms with Crippen LogP contribution in [-0.2, 0) is 62.3 Å². The van der Waals surface area contributed by atoms with Crippen molar-refractivity contribution in [1.82, 2.24) is 60.0 Å². The minimum atomic E-state index is -4.57. The zero-order chi connectivity index (χ0) is 80.2. The van der Waals surface area contributed by atoms with Crippen molar-refractivity contribution >= 4 is 70.9 Å². The fourth-order valence-electron chi connectivity index (χ4n) is 17.2. The van der Waals surface area contributed by atoms with Gasteiger partial charge in [0.25, 0.3) is 0 Å². The van der Waals surface area contributed by atoms with E-state index in [1.54, 1.807) is 39.8 Å². The van der Waals surface area contributed by atoms with Gasteiger partial charge in [-0.2, -0.15) is 26.3 Å². The highest BCUT2D eigenvalue weighted by Crippen LogP contribution is 2.45. The van der Waals surface area contributed by atoms with E-state index >= 15 is 28.8 Å². The molecule has 0 aromatic carbocycles. The Bertz CT molecular complexity index is 3220. The molecule has 33 heteroatoms. The van der Waals surface area contributed by atoms with E-state index in [0.29, 0.717) is 38.5 Å². The molecule has 2 bridgehead atoms. The summed E-state index contributed by atoms with van der Waals surface area (Å²) in [5.41, 5.74) is -1.65. The highest BCUT2D eigenvalue weighted by molar-refractivity contribution is 6.01. The maximum Gasteiger partial charge on any atom is 0.394 e. The van der Waals surface area contributed by atoms with Crippen molar-refractivity contribution in [3.63, 3.8) is 0 Å². The number of hydrogen-bond donors (Lipinski definition) is 3. The lowest BCUT2D eigenvalue weighted by molar-refractivity contribution is -0.215. The highest BCUT2D eigenvalue weighted by atomic mass is 19.4. The second-order valence-electron chi connectivity index (χ2n) is 31.9. The van der Waals surface area contributed by atoms with E-state index in [1.165, 1.54) is 69.0 Å². The number of halogens is 8. The summed E-state index contributed by atoms with van der Waals surface area (Å²) in [6, 6.07) is -12.1. The minimum Gasteiger partial charge on any atom is -0.381 e. The molecule has 6 fully saturated rings. The van der Waals surface area contributed by atoms with E-state index in [1.807, 2.05) is 0 Å². The molecule has 0 aromatic rings. The summed E-state index contributed by atoms with van der Waals surface area (Å²) in [6.07, 6.45) is -9.74. The molecule has 2 saturated heterocycles. The zero-order valence-electron chi connectivity index (χ0n) is 64.8. The fourth-order valence-corrected chi connectivity index (χ4v) is 17.2. The molecule has 0 aromatic heterocycles. The number of ether oxygens (including phenoxy) is 1. The van der Waals surface area contributed by atoms with Gasteiger partial charge in [0.05, 0.1) is 37.5 Å². The molecule has 13 atom stereocenters. The van der Waals surface area contributed by atoms with Crippen molar-refractivity contribution in [3.05, 3.63) is 12.2 Å². The summed E-state index contributed by atoms with van der Waals surface area (Å²) in [5, 5.41) is 8.30. The molecule has 3 aliphatic heterocycles. The van der Waals surface area contributed by atoms with Gasteiger partial charge in [-0.05, 0) is 152 Å². The van der Waals surface area contributed by atoms with Crippen LogP contribution in [0.5, 0.6) is 0 Å². The largest absolute Gasteiger partial charge is 0.394 e. The van der Waals surface area contributed by atoms with E-state index < -0.39 is 211 Å². The molecule has 3 unspecified atom stereocenters. The van der Waals surface area contributed by atoms with Crippen LogP contribution in [0.1, 0.15) is 182 Å². The van der Waals surface area contributed by atoms with E-state index in [2.05, 4.69) is 16.0 Å². The van der Waals surface area contributed by atoms with Crippen molar-refractivity contribution in [2.45, 2.75) is 261 Å². The first-order valence-electron chi connectivity index (χ1n) is 38.6. The van der Waals surface area contributed by atoms with Crippen LogP contribution in [0.25, 0.3) is 0 Å². The molecule has 7 aliphatic rings. The molecule has 25 nitrogen and oxygen atoms in total. The monoisotopic (exact) mass is 1540 g/mol. The van der Waals surface area contributed by atoms with Crippen molar-refractivity contribution in [3.8, 4) is 0 Å². The van der Waals surface area contributed by atoms with Crippen molar-refractivity contribution < 1.29 is 97.4 Å². The quantitative estimate of drug-likeness (QED) is 0.121. The highest BCUT2D eigenvalue weighted by Gasteiger charge is 2.55. The molecule has 12 amide bonds. The van der Waals surface area contributed by atoms with Crippen LogP contribution >= 0.6 is 0 Å². The number of likely N-dealkylation sites (N-methyl/N-ethyl adjacent to an activating group) is 7. The van der Waals surface area contributed by atoms with E-state index in [-0.39, 0.29) is 128 Å². The second-order valence-corrected chi connectivity index (χ2v) is 31.9. The van der Waals surface area contributed by atoms with Crippen molar-refractivity contribution in [1.29, 1.82) is 0 Å². The standard InChI is InChI=1S/C75H116F8N12O13/c1-13-34-87(5)67(102)55-40-60(97)91(9)53(39-58(76)77)64(99)85-62(45(4)14-2)70(105)89(7)43-61(98)90(8)52-23-16-15-19-35-94(69(52)104)56(37-46-24-28-49(29-25-46)74(78,79)80)68(103)88(6)42-59(96)84-51(31-27-47-26-30-50(75(81,82)83)57(38-47)108-12)66(101)95-41-44(3)36-54(95)65(100)86-73(32-20-33-73)72(107)93(11)63(71(106)92(55)10)48-21-17-18-22-48/h15-16,44-58,62-63H,13-14,17-43H2,1-12H3,(H,84,96)(H,85,99)(H,86,100)/b16-15-/t44-,45-,46?,47?,49?,50?,51-,52-,53-,54-,55-,56-,57?,62-,63-/m0/s1. The van der Waals surface area contributed by atoms with Gasteiger partial charge in [0.15, 0.2) is 0 Å². The van der Waals surface area contributed by atoms with Gasteiger partial charge in [0.2, 0.25) is 77.3 Å². The van der Waals surface area contributed by atoms with Gasteiger partial charge in [-0.25, -0.2) is 8.78 Å². The van der Waals surface area contributed by atoms with Gasteiger partial charge in [-0.15, -0.1) is 0 Å². The van der Waals surface area contributed by atoms with Crippen molar-refractivity contribution in [2.75, 3.05) is 89.2 Å². The Morgan fingerprint density at radius 1 is 0.667 bits per heavy atom. The van der Waals surface area contributed by atoms with Crippen LogP contribution in [-0.4, -0.2) is 283 Å². The number of amides is 12. The summed E-state index contributed by atoms with van der Waals surface area (Å²) in [7, 11) is 10.2.